The largest absolute Gasteiger partial charge is 0.322 e. The summed E-state index contributed by atoms with van der Waals surface area (Å²) in [7, 11) is 1.20. The van der Waals surface area contributed by atoms with Gasteiger partial charge < -0.3 is 5.32 Å². The van der Waals surface area contributed by atoms with Crippen LogP contribution in [0.3, 0.4) is 0 Å². The minimum atomic E-state index is -3.90. The van der Waals surface area contributed by atoms with E-state index in [1.54, 1.807) is 0 Å². The minimum Gasteiger partial charge on any atom is -0.322 e. The molecule has 0 aromatic rings. The number of carbonyl (C=O) groups is 2. The molecule has 2 N–H and O–H groups in total. The highest BCUT2D eigenvalue weighted by atomic mass is 35.7. The molecule has 6 nitrogen and oxygen atoms in total. The molecule has 0 saturated carbocycles. The van der Waals surface area contributed by atoms with Gasteiger partial charge >= 0.3 is 6.03 Å². The van der Waals surface area contributed by atoms with Crippen LogP contribution in [0.5, 0.6) is 0 Å². The van der Waals surface area contributed by atoms with Crippen LogP contribution in [0, 0.1) is 0 Å². The zero-order valence-corrected chi connectivity index (χ0v) is 9.07. The van der Waals surface area contributed by atoms with Gasteiger partial charge in [0.05, 0.1) is 0 Å². The Kier molecular flexibility index (Phi) is 2.49. The number of imide groups is 1. The van der Waals surface area contributed by atoms with E-state index in [1.807, 2.05) is 5.32 Å². The normalized spacial score (nSPS) is 29.6. The van der Waals surface area contributed by atoms with E-state index in [-0.39, 0.29) is 0 Å². The Bertz CT molecular complexity index is 393. The second-order valence-electron chi connectivity index (χ2n) is 3.23. The van der Waals surface area contributed by atoms with Crippen molar-refractivity contribution >= 4 is 31.7 Å². The van der Waals surface area contributed by atoms with Crippen molar-refractivity contribution < 1.29 is 18.0 Å². The molecule has 1 saturated heterocycles. The summed E-state index contributed by atoms with van der Waals surface area (Å²) < 4.78 is 22.0. The van der Waals surface area contributed by atoms with Crippen molar-refractivity contribution in [3.05, 3.63) is 0 Å². The fraction of sp³-hybridized carbons (Fsp3) is 0.667. The number of amides is 3. The van der Waals surface area contributed by atoms with Crippen molar-refractivity contribution in [3.8, 4) is 0 Å². The Balaban J connectivity index is 3.08. The highest BCUT2D eigenvalue weighted by molar-refractivity contribution is 8.14. The van der Waals surface area contributed by atoms with Crippen molar-refractivity contribution in [1.82, 2.24) is 10.6 Å². The van der Waals surface area contributed by atoms with E-state index in [1.165, 1.54) is 13.8 Å². The van der Waals surface area contributed by atoms with Gasteiger partial charge in [0.25, 0.3) is 5.91 Å². The molecule has 0 spiro atoms. The molecule has 80 valence electrons. The quantitative estimate of drug-likeness (QED) is 0.505. The number of hydrogen-bond acceptors (Lipinski definition) is 4. The number of carbonyl (C=O) groups excluding carboxylic acids is 2. The molecule has 1 heterocycles. The average molecular weight is 241 g/mol. The summed E-state index contributed by atoms with van der Waals surface area (Å²) in [4.78, 5) is 22.1. The Morgan fingerprint density at radius 3 is 2.21 bits per heavy atom. The second kappa shape index (κ2) is 3.09. The van der Waals surface area contributed by atoms with Crippen LogP contribution in [0.15, 0.2) is 0 Å². The summed E-state index contributed by atoms with van der Waals surface area (Å²) in [6, 6.07) is -0.718. The van der Waals surface area contributed by atoms with E-state index >= 15 is 0 Å². The van der Waals surface area contributed by atoms with Crippen LogP contribution in [0.2, 0.25) is 0 Å². The molecule has 14 heavy (non-hydrogen) atoms. The lowest BCUT2D eigenvalue weighted by atomic mass is 9.99. The SMILES string of the molecule is CC(C1(C)NC(=O)NC1=O)S(=O)(=O)Cl. The number of urea groups is 1. The molecule has 8 heteroatoms. The van der Waals surface area contributed by atoms with Crippen LogP contribution in [-0.4, -0.2) is 31.1 Å². The molecule has 0 aliphatic carbocycles. The van der Waals surface area contributed by atoms with Crippen LogP contribution >= 0.6 is 10.7 Å². The van der Waals surface area contributed by atoms with Crippen LogP contribution in [0.25, 0.3) is 0 Å². The van der Waals surface area contributed by atoms with Crippen LogP contribution in [0.4, 0.5) is 4.79 Å². The van der Waals surface area contributed by atoms with E-state index < -0.39 is 31.8 Å². The van der Waals surface area contributed by atoms with Crippen molar-refractivity contribution in [2.75, 3.05) is 0 Å². The van der Waals surface area contributed by atoms with Crippen molar-refractivity contribution in [3.63, 3.8) is 0 Å². The molecule has 1 aliphatic rings. The van der Waals surface area contributed by atoms with E-state index in [0.29, 0.717) is 0 Å². The summed E-state index contributed by atoms with van der Waals surface area (Å²) in [6.45, 7) is 2.56. The first-order valence-corrected chi connectivity index (χ1v) is 6.12. The zero-order chi connectivity index (χ0) is 11.1. The maximum Gasteiger partial charge on any atom is 0.322 e. The first-order valence-electron chi connectivity index (χ1n) is 3.75. The van der Waals surface area contributed by atoms with Gasteiger partial charge in [0.2, 0.25) is 9.05 Å². The van der Waals surface area contributed by atoms with E-state index in [2.05, 4.69) is 5.32 Å². The van der Waals surface area contributed by atoms with Crippen LogP contribution in [-0.2, 0) is 13.8 Å². The maximum absolute atomic E-state index is 11.3. The molecular formula is C6H9ClN2O4S. The lowest BCUT2D eigenvalue weighted by Crippen LogP contribution is -2.54. The summed E-state index contributed by atoms with van der Waals surface area (Å²) in [5.41, 5.74) is -1.50. The first-order chi connectivity index (χ1) is 6.18. The Hall–Kier alpha value is -0.820. The van der Waals surface area contributed by atoms with Gasteiger partial charge in [-0.05, 0) is 13.8 Å². The highest BCUT2D eigenvalue weighted by Crippen LogP contribution is 2.23. The van der Waals surface area contributed by atoms with Gasteiger partial charge in [-0.25, -0.2) is 13.2 Å². The molecule has 3 amide bonds. The number of halogens is 1. The summed E-state index contributed by atoms with van der Waals surface area (Å²) in [5.74, 6) is -0.695. The lowest BCUT2D eigenvalue weighted by molar-refractivity contribution is -0.123. The van der Waals surface area contributed by atoms with E-state index in [0.717, 1.165) is 0 Å². The zero-order valence-electron chi connectivity index (χ0n) is 7.50. The molecule has 0 aromatic heterocycles. The minimum absolute atomic E-state index is 0.695. The van der Waals surface area contributed by atoms with Crippen LogP contribution < -0.4 is 10.6 Å². The smallest absolute Gasteiger partial charge is 0.322 e. The molecular weight excluding hydrogens is 232 g/mol. The Morgan fingerprint density at radius 2 is 1.93 bits per heavy atom. The van der Waals surface area contributed by atoms with Crippen molar-refractivity contribution in [2.24, 2.45) is 0 Å². The highest BCUT2D eigenvalue weighted by Gasteiger charge is 2.50. The maximum atomic E-state index is 11.3. The third-order valence-corrected chi connectivity index (χ3v) is 4.43. The molecule has 0 aromatic carbocycles. The second-order valence-corrected chi connectivity index (χ2v) is 6.18. The average Bonchev–Trinajstić information content (AvgIpc) is 2.24. The van der Waals surface area contributed by atoms with Gasteiger partial charge in [0.1, 0.15) is 10.8 Å². The summed E-state index contributed by atoms with van der Waals surface area (Å²) >= 11 is 0. The van der Waals surface area contributed by atoms with Crippen LogP contribution in [0.1, 0.15) is 13.8 Å². The summed E-state index contributed by atoms with van der Waals surface area (Å²) in [6.07, 6.45) is 0. The van der Waals surface area contributed by atoms with Crippen molar-refractivity contribution in [1.29, 1.82) is 0 Å². The lowest BCUT2D eigenvalue weighted by Gasteiger charge is -2.25. The molecule has 0 bridgehead atoms. The van der Waals surface area contributed by atoms with Gasteiger partial charge in [-0.2, -0.15) is 0 Å². The third-order valence-electron chi connectivity index (χ3n) is 2.31. The molecule has 2 unspecified atom stereocenters. The molecule has 0 radical (unpaired) electrons. The van der Waals surface area contributed by atoms with Gasteiger partial charge in [-0.15, -0.1) is 0 Å². The topological polar surface area (TPSA) is 92.3 Å². The fourth-order valence-electron chi connectivity index (χ4n) is 1.12. The number of hydrogen-bond donors (Lipinski definition) is 2. The Morgan fingerprint density at radius 1 is 1.43 bits per heavy atom. The molecule has 1 rings (SSSR count). The Labute approximate surface area is 85.4 Å². The molecule has 2 atom stereocenters. The predicted molar refractivity (Wildman–Crippen MR) is 49.3 cm³/mol. The first kappa shape index (κ1) is 11.3. The monoisotopic (exact) mass is 240 g/mol. The predicted octanol–water partition coefficient (Wildman–Crippen LogP) is -0.458. The van der Waals surface area contributed by atoms with Crippen molar-refractivity contribution in [2.45, 2.75) is 24.6 Å². The fourth-order valence-corrected chi connectivity index (χ4v) is 2.39. The molecule has 1 aliphatic heterocycles. The van der Waals surface area contributed by atoms with E-state index in [9.17, 15) is 18.0 Å². The standard InChI is InChI=1S/C6H9ClN2O4S/c1-3(14(7,12)13)6(2)4(10)8-5(11)9-6/h3H,1-2H3,(H2,8,9,10,11). The third kappa shape index (κ3) is 1.69. The van der Waals surface area contributed by atoms with Gasteiger partial charge in [-0.3, -0.25) is 10.1 Å². The summed E-state index contributed by atoms with van der Waals surface area (Å²) in [5, 5.41) is 2.98. The van der Waals surface area contributed by atoms with Gasteiger partial charge in [-0.1, -0.05) is 0 Å². The number of rotatable bonds is 2. The van der Waals surface area contributed by atoms with Gasteiger partial charge in [0, 0.05) is 10.7 Å². The number of nitrogens with one attached hydrogen (secondary N) is 2. The van der Waals surface area contributed by atoms with E-state index in [4.69, 9.17) is 10.7 Å². The molecule has 1 fully saturated rings. The van der Waals surface area contributed by atoms with Gasteiger partial charge in [0.15, 0.2) is 0 Å².